The van der Waals surface area contributed by atoms with E-state index in [4.69, 9.17) is 0 Å². The van der Waals surface area contributed by atoms with Crippen molar-refractivity contribution in [2.75, 3.05) is 35.4 Å². The maximum Gasteiger partial charge on any atom is 0.276 e. The van der Waals surface area contributed by atoms with Crippen LogP contribution in [0.5, 0.6) is 0 Å². The van der Waals surface area contributed by atoms with E-state index in [0.717, 1.165) is 12.5 Å². The zero-order valence-electron chi connectivity index (χ0n) is 26.3. The summed E-state index contributed by atoms with van der Waals surface area (Å²) in [4.78, 5) is 30.8. The second-order valence-electron chi connectivity index (χ2n) is 11.5. The SMILES string of the molecule is CS(=O)(=O)C1=C(NCCNC2=C(S(C)(=O)=O)C(c3ccccc3)N(c3ccccc3)C2=O)C(=O)N(c2ccccc2)C1c1ccccc1. The Balaban J connectivity index is 1.34. The molecular formula is C36H34N4O6S2. The fourth-order valence-electron chi connectivity index (χ4n) is 6.25. The number of para-hydroxylation sites is 2. The van der Waals surface area contributed by atoms with Gasteiger partial charge in [0.2, 0.25) is 0 Å². The summed E-state index contributed by atoms with van der Waals surface area (Å²) in [6.07, 6.45) is 2.14. The number of nitrogens with zero attached hydrogens (tertiary/aromatic N) is 2. The summed E-state index contributed by atoms with van der Waals surface area (Å²) in [5.74, 6) is -1.05. The standard InChI is InChI=1S/C36H34N4O6S2/c1-47(43,44)33-29(35(41)39(27-19-11-5-12-20-27)31(33)25-15-7-3-8-16-25)37-23-24-38-30-34(48(2,45)46)32(26-17-9-4-10-18-26)40(36(30)42)28-21-13-6-14-22-28/h3-22,31-32,37-38H,23-24H2,1-2H3. The number of nitrogens with one attached hydrogen (secondary N) is 2. The van der Waals surface area contributed by atoms with Crippen molar-refractivity contribution in [3.05, 3.63) is 154 Å². The molecule has 2 heterocycles. The molecule has 0 saturated heterocycles. The van der Waals surface area contributed by atoms with Crippen molar-refractivity contribution >= 4 is 42.9 Å². The minimum absolute atomic E-state index is 0.000600. The Labute approximate surface area is 280 Å². The van der Waals surface area contributed by atoms with Crippen LogP contribution in [-0.2, 0) is 29.3 Å². The van der Waals surface area contributed by atoms with Crippen LogP contribution in [0.4, 0.5) is 11.4 Å². The molecule has 0 radical (unpaired) electrons. The number of carbonyl (C=O) groups excluding carboxylic acids is 2. The Bertz CT molecular complexity index is 1970. The van der Waals surface area contributed by atoms with Crippen LogP contribution in [0.1, 0.15) is 23.2 Å². The van der Waals surface area contributed by atoms with Gasteiger partial charge in [0.05, 0.1) is 0 Å². The minimum atomic E-state index is -3.90. The average molecular weight is 683 g/mol. The summed E-state index contributed by atoms with van der Waals surface area (Å²) in [5, 5.41) is 6.03. The Kier molecular flexibility index (Phi) is 8.95. The highest BCUT2D eigenvalue weighted by atomic mass is 32.2. The quantitative estimate of drug-likeness (QED) is 0.225. The smallest absolute Gasteiger partial charge is 0.276 e. The third-order valence-electron chi connectivity index (χ3n) is 8.20. The van der Waals surface area contributed by atoms with Gasteiger partial charge in [0.15, 0.2) is 19.7 Å². The molecule has 2 unspecified atom stereocenters. The first-order valence-electron chi connectivity index (χ1n) is 15.2. The summed E-state index contributed by atoms with van der Waals surface area (Å²) in [6, 6.07) is 33.7. The van der Waals surface area contributed by atoms with Gasteiger partial charge in [0.25, 0.3) is 11.8 Å². The van der Waals surface area contributed by atoms with E-state index < -0.39 is 43.6 Å². The first-order valence-corrected chi connectivity index (χ1v) is 19.0. The molecule has 2 aliphatic heterocycles. The molecule has 2 amide bonds. The van der Waals surface area contributed by atoms with Gasteiger partial charge in [-0.2, -0.15) is 0 Å². The van der Waals surface area contributed by atoms with Crippen molar-refractivity contribution in [1.29, 1.82) is 0 Å². The number of carbonyl (C=O) groups is 2. The normalized spacial score (nSPS) is 18.5. The molecular weight excluding hydrogens is 649 g/mol. The highest BCUT2D eigenvalue weighted by molar-refractivity contribution is 7.95. The molecule has 0 spiro atoms. The summed E-state index contributed by atoms with van der Waals surface area (Å²) >= 11 is 0. The molecule has 2 atom stereocenters. The van der Waals surface area contributed by atoms with Gasteiger partial charge in [0, 0.05) is 37.0 Å². The number of rotatable bonds is 11. The van der Waals surface area contributed by atoms with Crippen LogP contribution in [-0.4, -0.2) is 54.3 Å². The summed E-state index contributed by atoms with van der Waals surface area (Å²) in [7, 11) is -7.81. The predicted octanol–water partition coefficient (Wildman–Crippen LogP) is 4.25. The molecule has 0 aliphatic carbocycles. The number of hydrogen-bond acceptors (Lipinski definition) is 8. The van der Waals surface area contributed by atoms with Crippen molar-refractivity contribution in [1.82, 2.24) is 10.6 Å². The van der Waals surface area contributed by atoms with Crippen LogP contribution >= 0.6 is 0 Å². The fourth-order valence-corrected chi connectivity index (χ4v) is 8.61. The van der Waals surface area contributed by atoms with E-state index in [1.54, 1.807) is 97.1 Å². The molecule has 6 rings (SSSR count). The van der Waals surface area contributed by atoms with E-state index in [9.17, 15) is 26.4 Å². The second-order valence-corrected chi connectivity index (χ2v) is 15.5. The van der Waals surface area contributed by atoms with E-state index in [1.807, 2.05) is 24.3 Å². The summed E-state index contributed by atoms with van der Waals surface area (Å²) in [6.45, 7) is -0.00120. The lowest BCUT2D eigenvalue weighted by atomic mass is 10.1. The Morgan fingerprint density at radius 2 is 0.792 bits per heavy atom. The van der Waals surface area contributed by atoms with Crippen molar-refractivity contribution in [2.45, 2.75) is 12.1 Å². The second kappa shape index (κ2) is 13.1. The number of sulfone groups is 2. The maximum atomic E-state index is 14.0. The van der Waals surface area contributed by atoms with Crippen LogP contribution in [0.25, 0.3) is 0 Å². The van der Waals surface area contributed by atoms with Crippen LogP contribution in [0.2, 0.25) is 0 Å². The van der Waals surface area contributed by atoms with Crippen LogP contribution in [0, 0.1) is 0 Å². The molecule has 0 saturated carbocycles. The van der Waals surface area contributed by atoms with E-state index in [-0.39, 0.29) is 34.3 Å². The molecule has 48 heavy (non-hydrogen) atoms. The maximum absolute atomic E-state index is 14.0. The molecule has 2 aliphatic rings. The third-order valence-corrected chi connectivity index (χ3v) is 10.7. The predicted molar refractivity (Wildman–Crippen MR) is 186 cm³/mol. The minimum Gasteiger partial charge on any atom is -0.378 e. The van der Waals surface area contributed by atoms with E-state index in [1.165, 1.54) is 9.80 Å². The molecule has 12 heteroatoms. The number of benzene rings is 4. The Morgan fingerprint density at radius 3 is 1.08 bits per heavy atom. The van der Waals surface area contributed by atoms with Gasteiger partial charge in [-0.05, 0) is 35.4 Å². The monoisotopic (exact) mass is 682 g/mol. The topological polar surface area (TPSA) is 133 Å². The molecule has 4 aromatic rings. The van der Waals surface area contributed by atoms with Crippen LogP contribution in [0.15, 0.2) is 143 Å². The van der Waals surface area contributed by atoms with E-state index in [2.05, 4.69) is 10.6 Å². The van der Waals surface area contributed by atoms with Gasteiger partial charge >= 0.3 is 0 Å². The van der Waals surface area contributed by atoms with Crippen LogP contribution < -0.4 is 20.4 Å². The highest BCUT2D eigenvalue weighted by Gasteiger charge is 2.47. The molecule has 4 aromatic carbocycles. The number of anilines is 2. The van der Waals surface area contributed by atoms with Gasteiger partial charge in [-0.3, -0.25) is 19.4 Å². The van der Waals surface area contributed by atoms with Gasteiger partial charge in [0.1, 0.15) is 33.3 Å². The summed E-state index contributed by atoms with van der Waals surface area (Å²) in [5.41, 5.74) is 2.13. The lowest BCUT2D eigenvalue weighted by Gasteiger charge is -2.27. The zero-order valence-corrected chi connectivity index (χ0v) is 27.9. The van der Waals surface area contributed by atoms with Gasteiger partial charge in [-0.1, -0.05) is 97.1 Å². The largest absolute Gasteiger partial charge is 0.378 e. The molecule has 0 fully saturated rings. The van der Waals surface area contributed by atoms with Crippen molar-refractivity contribution in [3.8, 4) is 0 Å². The lowest BCUT2D eigenvalue weighted by molar-refractivity contribution is -0.116. The van der Waals surface area contributed by atoms with Crippen molar-refractivity contribution in [3.63, 3.8) is 0 Å². The summed E-state index contributed by atoms with van der Waals surface area (Å²) < 4.78 is 53.3. The number of hydrogen-bond donors (Lipinski definition) is 2. The lowest BCUT2D eigenvalue weighted by Crippen LogP contribution is -2.36. The van der Waals surface area contributed by atoms with Crippen LogP contribution in [0.3, 0.4) is 0 Å². The molecule has 246 valence electrons. The van der Waals surface area contributed by atoms with E-state index in [0.29, 0.717) is 22.5 Å². The molecule has 0 bridgehead atoms. The fraction of sp³-hybridized carbons (Fsp3) is 0.167. The molecule has 10 nitrogen and oxygen atoms in total. The van der Waals surface area contributed by atoms with Gasteiger partial charge < -0.3 is 10.6 Å². The molecule has 0 aromatic heterocycles. The number of amides is 2. The van der Waals surface area contributed by atoms with Crippen molar-refractivity contribution < 1.29 is 26.4 Å². The van der Waals surface area contributed by atoms with E-state index >= 15 is 0 Å². The first-order chi connectivity index (χ1) is 23.0. The highest BCUT2D eigenvalue weighted by Crippen LogP contribution is 2.44. The molecule has 2 N–H and O–H groups in total. The zero-order chi connectivity index (χ0) is 34.1. The first kappa shape index (κ1) is 32.7. The Hall–Kier alpha value is -5.20. The third kappa shape index (κ3) is 6.24. The average Bonchev–Trinajstić information content (AvgIpc) is 3.55. The van der Waals surface area contributed by atoms with Gasteiger partial charge in [-0.15, -0.1) is 0 Å². The van der Waals surface area contributed by atoms with Gasteiger partial charge in [-0.25, -0.2) is 16.8 Å². The van der Waals surface area contributed by atoms with Crippen molar-refractivity contribution in [2.24, 2.45) is 0 Å². The Morgan fingerprint density at radius 1 is 0.500 bits per heavy atom.